The summed E-state index contributed by atoms with van der Waals surface area (Å²) in [6.45, 7) is -0.234. The molecule has 8 nitrogen and oxygen atoms in total. The van der Waals surface area contributed by atoms with Gasteiger partial charge in [0, 0.05) is 13.7 Å². The topological polar surface area (TPSA) is 117 Å². The van der Waals surface area contributed by atoms with E-state index < -0.39 is 24.5 Å². The van der Waals surface area contributed by atoms with Gasteiger partial charge in [0.15, 0.2) is 0 Å². The van der Waals surface area contributed by atoms with Crippen molar-refractivity contribution in [2.24, 2.45) is 0 Å². The first-order valence-electron chi connectivity index (χ1n) is 7.07. The molecule has 0 aliphatic rings. The van der Waals surface area contributed by atoms with Crippen LogP contribution in [0.1, 0.15) is 11.6 Å². The van der Waals surface area contributed by atoms with Gasteiger partial charge in [0.2, 0.25) is 17.7 Å². The van der Waals surface area contributed by atoms with Crippen molar-refractivity contribution in [3.8, 4) is 0 Å². The summed E-state index contributed by atoms with van der Waals surface area (Å²) in [5.41, 5.74) is 0.548. The van der Waals surface area contributed by atoms with Crippen LogP contribution in [0.4, 0.5) is 0 Å². The molecule has 0 saturated heterocycles. The number of ether oxygens (including phenoxy) is 1. The molecule has 0 radical (unpaired) electrons. The molecular weight excluding hydrogens is 302 g/mol. The number of amides is 3. The van der Waals surface area contributed by atoms with Crippen molar-refractivity contribution in [1.82, 2.24) is 16.0 Å². The fourth-order valence-corrected chi connectivity index (χ4v) is 1.78. The highest BCUT2D eigenvalue weighted by Gasteiger charge is 2.22. The Labute approximate surface area is 134 Å². The smallest absolute Gasteiger partial charge is 0.247 e. The van der Waals surface area contributed by atoms with Crippen molar-refractivity contribution >= 4 is 17.7 Å². The number of rotatable bonds is 9. The van der Waals surface area contributed by atoms with Crippen molar-refractivity contribution in [3.05, 3.63) is 35.9 Å². The molecule has 3 amide bonds. The summed E-state index contributed by atoms with van der Waals surface area (Å²) in [7, 11) is 1.52. The van der Waals surface area contributed by atoms with E-state index in [2.05, 4.69) is 16.0 Å². The molecule has 0 aliphatic heterocycles. The Morgan fingerprint density at radius 3 is 2.43 bits per heavy atom. The molecule has 1 rings (SSSR count). The fraction of sp³-hybridized carbons (Fsp3) is 0.400. The maximum Gasteiger partial charge on any atom is 0.247 e. The van der Waals surface area contributed by atoms with Crippen LogP contribution in [0, 0.1) is 0 Å². The molecule has 0 unspecified atom stereocenters. The molecule has 0 aromatic heterocycles. The molecule has 0 spiro atoms. The highest BCUT2D eigenvalue weighted by atomic mass is 16.5. The van der Waals surface area contributed by atoms with E-state index in [1.165, 1.54) is 7.11 Å². The lowest BCUT2D eigenvalue weighted by Gasteiger charge is -2.18. The third-order valence-electron chi connectivity index (χ3n) is 2.90. The Balaban J connectivity index is 2.62. The van der Waals surface area contributed by atoms with Gasteiger partial charge in [-0.25, -0.2) is 0 Å². The Morgan fingerprint density at radius 1 is 1.13 bits per heavy atom. The van der Waals surface area contributed by atoms with Gasteiger partial charge >= 0.3 is 0 Å². The van der Waals surface area contributed by atoms with Crippen LogP contribution in [0.2, 0.25) is 0 Å². The number of benzene rings is 1. The number of hydrogen-bond donors (Lipinski definition) is 4. The molecule has 23 heavy (non-hydrogen) atoms. The summed E-state index contributed by atoms with van der Waals surface area (Å²) in [5, 5.41) is 16.3. The van der Waals surface area contributed by atoms with Crippen molar-refractivity contribution in [2.75, 3.05) is 33.4 Å². The van der Waals surface area contributed by atoms with E-state index in [9.17, 15) is 14.4 Å². The lowest BCUT2D eigenvalue weighted by atomic mass is 10.1. The maximum absolute atomic E-state index is 12.2. The summed E-state index contributed by atoms with van der Waals surface area (Å²) < 4.78 is 4.80. The first-order valence-corrected chi connectivity index (χ1v) is 7.07. The van der Waals surface area contributed by atoms with Crippen LogP contribution in [0.5, 0.6) is 0 Å². The number of carbonyl (C=O) groups excluding carboxylic acids is 3. The van der Waals surface area contributed by atoms with E-state index in [-0.39, 0.29) is 12.5 Å². The van der Waals surface area contributed by atoms with Crippen molar-refractivity contribution < 1.29 is 24.2 Å². The van der Waals surface area contributed by atoms with Crippen LogP contribution >= 0.6 is 0 Å². The molecule has 1 atom stereocenters. The lowest BCUT2D eigenvalue weighted by Crippen LogP contribution is -2.45. The van der Waals surface area contributed by atoms with Crippen LogP contribution in [0.15, 0.2) is 30.3 Å². The van der Waals surface area contributed by atoms with Crippen LogP contribution in [-0.4, -0.2) is 56.2 Å². The average Bonchev–Trinajstić information content (AvgIpc) is 2.58. The predicted molar refractivity (Wildman–Crippen MR) is 82.3 cm³/mol. The van der Waals surface area contributed by atoms with Gasteiger partial charge in [0.05, 0.1) is 13.2 Å². The molecule has 4 N–H and O–H groups in total. The zero-order valence-corrected chi connectivity index (χ0v) is 12.9. The molecule has 0 heterocycles. The number of hydrogen-bond acceptors (Lipinski definition) is 5. The number of nitrogens with one attached hydrogen (secondary N) is 3. The third-order valence-corrected chi connectivity index (χ3v) is 2.90. The van der Waals surface area contributed by atoms with Crippen LogP contribution < -0.4 is 16.0 Å². The van der Waals surface area contributed by atoms with E-state index in [1.807, 2.05) is 0 Å². The molecule has 1 aromatic rings. The first-order chi connectivity index (χ1) is 11.1. The van der Waals surface area contributed by atoms with E-state index >= 15 is 0 Å². The Bertz CT molecular complexity index is 521. The maximum atomic E-state index is 12.2. The quantitative estimate of drug-likeness (QED) is 0.422. The van der Waals surface area contributed by atoms with E-state index in [4.69, 9.17) is 9.84 Å². The van der Waals surface area contributed by atoms with Gasteiger partial charge in [-0.05, 0) is 5.56 Å². The molecule has 0 fully saturated rings. The summed E-state index contributed by atoms with van der Waals surface area (Å²) in [5.74, 6) is -1.59. The molecule has 0 aliphatic carbocycles. The largest absolute Gasteiger partial charge is 0.387 e. The SMILES string of the molecule is COCCNC(=O)CNC(=O)[C@H](NC(=O)CO)c1ccccc1. The van der Waals surface area contributed by atoms with Crippen LogP contribution in [-0.2, 0) is 19.1 Å². The van der Waals surface area contributed by atoms with Gasteiger partial charge in [-0.3, -0.25) is 14.4 Å². The fourth-order valence-electron chi connectivity index (χ4n) is 1.78. The highest BCUT2D eigenvalue weighted by molar-refractivity contribution is 5.91. The second kappa shape index (κ2) is 10.3. The van der Waals surface area contributed by atoms with Gasteiger partial charge in [-0.1, -0.05) is 30.3 Å². The number of aliphatic hydroxyl groups excluding tert-OH is 1. The number of methoxy groups -OCH3 is 1. The third kappa shape index (κ3) is 6.90. The average molecular weight is 323 g/mol. The molecule has 8 heteroatoms. The zero-order chi connectivity index (χ0) is 17.1. The summed E-state index contributed by atoms with van der Waals surface area (Å²) >= 11 is 0. The molecule has 126 valence electrons. The van der Waals surface area contributed by atoms with Gasteiger partial charge in [-0.15, -0.1) is 0 Å². The minimum atomic E-state index is -0.984. The number of carbonyl (C=O) groups is 3. The molecule has 0 saturated carbocycles. The Morgan fingerprint density at radius 2 is 1.83 bits per heavy atom. The summed E-state index contributed by atoms with van der Waals surface area (Å²) in [4.78, 5) is 35.1. The van der Waals surface area contributed by atoms with Crippen molar-refractivity contribution in [1.29, 1.82) is 0 Å². The van der Waals surface area contributed by atoms with E-state index in [0.29, 0.717) is 18.7 Å². The summed E-state index contributed by atoms with van der Waals surface area (Å²) in [6, 6.07) is 7.56. The molecule has 1 aromatic carbocycles. The molecule has 0 bridgehead atoms. The normalized spacial score (nSPS) is 11.4. The van der Waals surface area contributed by atoms with Gasteiger partial charge in [0.25, 0.3) is 0 Å². The predicted octanol–water partition coefficient (Wildman–Crippen LogP) is -1.28. The highest BCUT2D eigenvalue weighted by Crippen LogP contribution is 2.12. The monoisotopic (exact) mass is 323 g/mol. The van der Waals surface area contributed by atoms with Gasteiger partial charge in [0.1, 0.15) is 12.6 Å². The van der Waals surface area contributed by atoms with Crippen molar-refractivity contribution in [3.63, 3.8) is 0 Å². The Kier molecular flexibility index (Phi) is 8.33. The number of aliphatic hydroxyl groups is 1. The Hall–Kier alpha value is -2.45. The zero-order valence-electron chi connectivity index (χ0n) is 12.9. The van der Waals surface area contributed by atoms with Crippen LogP contribution in [0.3, 0.4) is 0 Å². The van der Waals surface area contributed by atoms with Gasteiger partial charge in [-0.2, -0.15) is 0 Å². The van der Waals surface area contributed by atoms with Crippen LogP contribution in [0.25, 0.3) is 0 Å². The van der Waals surface area contributed by atoms with Gasteiger partial charge < -0.3 is 25.8 Å². The standard InChI is InChI=1S/C15H21N3O5/c1-23-8-7-16-12(20)9-17-15(22)14(18-13(21)10-19)11-5-3-2-4-6-11/h2-6,14,19H,7-10H2,1H3,(H,16,20)(H,17,22)(H,18,21)/t14-/m1/s1. The second-order valence-electron chi connectivity index (χ2n) is 4.63. The summed E-state index contributed by atoms with van der Waals surface area (Å²) in [6.07, 6.45) is 0. The molecular formula is C15H21N3O5. The van der Waals surface area contributed by atoms with E-state index in [0.717, 1.165) is 0 Å². The first kappa shape index (κ1) is 18.6. The van der Waals surface area contributed by atoms with E-state index in [1.54, 1.807) is 30.3 Å². The lowest BCUT2D eigenvalue weighted by molar-refractivity contribution is -0.131. The second-order valence-corrected chi connectivity index (χ2v) is 4.63. The minimum absolute atomic E-state index is 0.221. The van der Waals surface area contributed by atoms with Crippen molar-refractivity contribution in [2.45, 2.75) is 6.04 Å². The minimum Gasteiger partial charge on any atom is -0.387 e.